The van der Waals surface area contributed by atoms with Crippen LogP contribution in [-0.2, 0) is 0 Å². The number of halogens is 1. The van der Waals surface area contributed by atoms with Crippen LogP contribution in [0.3, 0.4) is 0 Å². The van der Waals surface area contributed by atoms with Gasteiger partial charge in [-0.05, 0) is 53.7 Å². The van der Waals surface area contributed by atoms with Crippen LogP contribution in [0.2, 0.25) is 0 Å². The van der Waals surface area contributed by atoms with E-state index < -0.39 is 11.7 Å². The number of amides is 1. The third-order valence-electron chi connectivity index (χ3n) is 3.39. The Bertz CT molecular complexity index is 964. The van der Waals surface area contributed by atoms with Gasteiger partial charge in [-0.15, -0.1) is 0 Å². The van der Waals surface area contributed by atoms with Crippen molar-refractivity contribution < 1.29 is 23.5 Å². The van der Waals surface area contributed by atoms with Crippen LogP contribution < -0.4 is 15.6 Å². The molecule has 1 aromatic heterocycles. The van der Waals surface area contributed by atoms with Crippen molar-refractivity contribution in [2.24, 2.45) is 5.16 Å². The quantitative estimate of drug-likeness (QED) is 0.571. The van der Waals surface area contributed by atoms with E-state index in [0.29, 0.717) is 22.4 Å². The molecule has 1 amide bonds. The normalized spacial score (nSPS) is 11.5. The van der Waals surface area contributed by atoms with Crippen molar-refractivity contribution in [3.8, 4) is 5.75 Å². The van der Waals surface area contributed by atoms with E-state index >= 15 is 0 Å². The van der Waals surface area contributed by atoms with Crippen LogP contribution in [0, 0.1) is 5.82 Å². The first-order valence-corrected chi connectivity index (χ1v) is 6.97. The molecule has 2 N–H and O–H groups in total. The van der Waals surface area contributed by atoms with Crippen molar-refractivity contribution in [3.63, 3.8) is 0 Å². The fourth-order valence-electron chi connectivity index (χ4n) is 2.20. The molecule has 122 valence electrons. The highest BCUT2D eigenvalue weighted by Crippen LogP contribution is 2.20. The van der Waals surface area contributed by atoms with E-state index in [0.717, 1.165) is 0 Å². The SMILES string of the molecule is COc1ccc2o/c(=N\O)c(C(=O)Nc3ccc(F)cc3)cc2c1. The van der Waals surface area contributed by atoms with Gasteiger partial charge in [-0.3, -0.25) is 4.79 Å². The second kappa shape index (κ2) is 6.41. The molecule has 0 saturated carbocycles. The van der Waals surface area contributed by atoms with Gasteiger partial charge in [0.1, 0.15) is 22.7 Å². The van der Waals surface area contributed by atoms with Crippen LogP contribution in [-0.4, -0.2) is 18.2 Å². The smallest absolute Gasteiger partial charge is 0.268 e. The minimum absolute atomic E-state index is 0.0302. The number of ether oxygens (including phenoxy) is 1. The molecule has 0 fully saturated rings. The van der Waals surface area contributed by atoms with Gasteiger partial charge in [-0.25, -0.2) is 4.39 Å². The van der Waals surface area contributed by atoms with Crippen LogP contribution in [0.15, 0.2) is 58.1 Å². The molecule has 0 bridgehead atoms. The Morgan fingerprint density at radius 2 is 1.96 bits per heavy atom. The van der Waals surface area contributed by atoms with Crippen LogP contribution in [0.1, 0.15) is 10.4 Å². The molecular weight excluding hydrogens is 315 g/mol. The highest BCUT2D eigenvalue weighted by Gasteiger charge is 2.14. The van der Waals surface area contributed by atoms with E-state index in [1.165, 1.54) is 37.4 Å². The van der Waals surface area contributed by atoms with Crippen LogP contribution in [0.4, 0.5) is 10.1 Å². The third kappa shape index (κ3) is 3.05. The molecule has 7 heteroatoms. The summed E-state index contributed by atoms with van der Waals surface area (Å²) in [7, 11) is 1.53. The van der Waals surface area contributed by atoms with Crippen molar-refractivity contribution in [1.29, 1.82) is 0 Å². The summed E-state index contributed by atoms with van der Waals surface area (Å²) in [5, 5.41) is 15.3. The van der Waals surface area contributed by atoms with Gasteiger partial charge >= 0.3 is 0 Å². The number of carbonyl (C=O) groups excluding carboxylic acids is 1. The van der Waals surface area contributed by atoms with Crippen molar-refractivity contribution in [2.75, 3.05) is 12.4 Å². The van der Waals surface area contributed by atoms with E-state index in [1.807, 2.05) is 0 Å². The minimum atomic E-state index is -0.553. The monoisotopic (exact) mass is 328 g/mol. The molecule has 0 unspecified atom stereocenters. The lowest BCUT2D eigenvalue weighted by Gasteiger charge is -2.07. The summed E-state index contributed by atoms with van der Waals surface area (Å²) < 4.78 is 23.5. The summed E-state index contributed by atoms with van der Waals surface area (Å²) in [6.45, 7) is 0. The lowest BCUT2D eigenvalue weighted by Crippen LogP contribution is -2.21. The maximum absolute atomic E-state index is 12.9. The zero-order chi connectivity index (χ0) is 17.1. The predicted molar refractivity (Wildman–Crippen MR) is 84.5 cm³/mol. The van der Waals surface area contributed by atoms with E-state index in [9.17, 15) is 9.18 Å². The second-order valence-corrected chi connectivity index (χ2v) is 4.93. The van der Waals surface area contributed by atoms with Gasteiger partial charge in [0.2, 0.25) is 0 Å². The van der Waals surface area contributed by atoms with E-state index in [-0.39, 0.29) is 11.1 Å². The first-order chi connectivity index (χ1) is 11.6. The number of anilines is 1. The minimum Gasteiger partial charge on any atom is -0.497 e. The van der Waals surface area contributed by atoms with Gasteiger partial charge in [0.25, 0.3) is 11.5 Å². The number of carbonyl (C=O) groups is 1. The average molecular weight is 328 g/mol. The molecular formula is C17H13FN2O4. The Balaban J connectivity index is 2.03. The molecule has 0 radical (unpaired) electrons. The molecule has 0 saturated heterocycles. The van der Waals surface area contributed by atoms with Gasteiger partial charge in [0, 0.05) is 11.1 Å². The van der Waals surface area contributed by atoms with Crippen LogP contribution in [0.5, 0.6) is 5.75 Å². The lowest BCUT2D eigenvalue weighted by atomic mass is 10.1. The first-order valence-electron chi connectivity index (χ1n) is 6.97. The largest absolute Gasteiger partial charge is 0.497 e. The molecule has 0 aliphatic rings. The molecule has 3 aromatic rings. The van der Waals surface area contributed by atoms with Gasteiger partial charge in [-0.1, -0.05) is 0 Å². The highest BCUT2D eigenvalue weighted by atomic mass is 19.1. The molecule has 24 heavy (non-hydrogen) atoms. The van der Waals surface area contributed by atoms with E-state index in [2.05, 4.69) is 10.5 Å². The molecule has 2 aromatic carbocycles. The molecule has 0 aliphatic heterocycles. The summed E-state index contributed by atoms with van der Waals surface area (Å²) in [4.78, 5) is 12.4. The van der Waals surface area contributed by atoms with E-state index in [1.54, 1.807) is 18.2 Å². The second-order valence-electron chi connectivity index (χ2n) is 4.93. The first kappa shape index (κ1) is 15.5. The number of benzene rings is 2. The number of rotatable bonds is 3. The van der Waals surface area contributed by atoms with Gasteiger partial charge in [0.15, 0.2) is 0 Å². The Kier molecular flexibility index (Phi) is 4.15. The number of hydrogen-bond acceptors (Lipinski definition) is 5. The van der Waals surface area contributed by atoms with Gasteiger partial charge < -0.3 is 19.7 Å². The maximum Gasteiger partial charge on any atom is 0.268 e. The summed E-state index contributed by atoms with van der Waals surface area (Å²) >= 11 is 0. The Hall–Kier alpha value is -3.35. The standard InChI is InChI=1S/C17H13FN2O4/c1-23-13-6-7-15-10(8-13)9-14(17(20-22)24-15)16(21)19-12-4-2-11(18)3-5-12/h2-9,22H,1H3,(H,19,21)/b20-17-. The Morgan fingerprint density at radius 3 is 2.62 bits per heavy atom. The van der Waals surface area contributed by atoms with Gasteiger partial charge in [-0.2, -0.15) is 0 Å². The molecule has 0 aliphatic carbocycles. The number of hydrogen-bond donors (Lipinski definition) is 2. The molecule has 0 spiro atoms. The van der Waals surface area contributed by atoms with Crippen molar-refractivity contribution in [1.82, 2.24) is 0 Å². The van der Waals surface area contributed by atoms with Crippen molar-refractivity contribution in [2.45, 2.75) is 0 Å². The third-order valence-corrected chi connectivity index (χ3v) is 3.39. The zero-order valence-electron chi connectivity index (χ0n) is 12.6. The molecule has 1 heterocycles. The zero-order valence-corrected chi connectivity index (χ0v) is 12.6. The van der Waals surface area contributed by atoms with Crippen LogP contribution >= 0.6 is 0 Å². The van der Waals surface area contributed by atoms with E-state index in [4.69, 9.17) is 14.4 Å². The molecule has 6 nitrogen and oxygen atoms in total. The maximum atomic E-state index is 12.9. The summed E-state index contributed by atoms with van der Waals surface area (Å²) in [6, 6.07) is 11.8. The summed E-state index contributed by atoms with van der Waals surface area (Å²) in [5.41, 5.74) is 0.632. The highest BCUT2D eigenvalue weighted by molar-refractivity contribution is 6.05. The number of methoxy groups -OCH3 is 1. The summed E-state index contributed by atoms with van der Waals surface area (Å²) in [6.07, 6.45) is 0. The number of nitrogens with zero attached hydrogens (tertiary/aromatic N) is 1. The summed E-state index contributed by atoms with van der Waals surface area (Å²) in [5.74, 6) is -0.369. The number of fused-ring (bicyclic) bond motifs is 1. The number of nitrogens with one attached hydrogen (secondary N) is 1. The fraction of sp³-hybridized carbons (Fsp3) is 0.0588. The average Bonchev–Trinajstić information content (AvgIpc) is 2.61. The van der Waals surface area contributed by atoms with Crippen LogP contribution in [0.25, 0.3) is 11.0 Å². The molecule has 3 rings (SSSR count). The Labute approximate surface area is 135 Å². The lowest BCUT2D eigenvalue weighted by molar-refractivity contribution is 0.102. The topological polar surface area (TPSA) is 84.1 Å². The molecule has 0 atom stereocenters. The van der Waals surface area contributed by atoms with Crippen molar-refractivity contribution in [3.05, 3.63) is 65.5 Å². The van der Waals surface area contributed by atoms with Gasteiger partial charge in [0.05, 0.1) is 7.11 Å². The fourth-order valence-corrected chi connectivity index (χ4v) is 2.20. The Morgan fingerprint density at radius 1 is 1.21 bits per heavy atom. The van der Waals surface area contributed by atoms with Crippen molar-refractivity contribution >= 4 is 22.6 Å². The predicted octanol–water partition coefficient (Wildman–Crippen LogP) is 3.12.